The van der Waals surface area contributed by atoms with Gasteiger partial charge >= 0.3 is 0 Å². The zero-order chi connectivity index (χ0) is 11.0. The lowest BCUT2D eigenvalue weighted by Crippen LogP contribution is -2.10. The summed E-state index contributed by atoms with van der Waals surface area (Å²) in [6.07, 6.45) is 0. The number of benzene rings is 1. The largest absolute Gasteiger partial charge is 0.284 e. The van der Waals surface area contributed by atoms with E-state index < -0.39 is 0 Å². The third-order valence-corrected chi connectivity index (χ3v) is 2.65. The lowest BCUT2D eigenvalue weighted by molar-refractivity contribution is 0.0938. The molecule has 2 nitrogen and oxygen atoms in total. The van der Waals surface area contributed by atoms with Gasteiger partial charge in [0, 0.05) is 18.0 Å². The van der Waals surface area contributed by atoms with Gasteiger partial charge < -0.3 is 0 Å². The Kier molecular flexibility index (Phi) is 2.35. The van der Waals surface area contributed by atoms with Crippen molar-refractivity contribution < 1.29 is 4.79 Å². The maximum absolute atomic E-state index is 11.6. The molecule has 1 heterocycles. The predicted molar refractivity (Wildman–Crippen MR) is 62.3 cm³/mol. The van der Waals surface area contributed by atoms with E-state index in [0.29, 0.717) is 5.92 Å². The molecule has 0 aliphatic rings. The van der Waals surface area contributed by atoms with Gasteiger partial charge in [-0.3, -0.25) is 9.36 Å². The van der Waals surface area contributed by atoms with E-state index in [-0.39, 0.29) is 5.91 Å². The van der Waals surface area contributed by atoms with Crippen LogP contribution in [0.1, 0.15) is 37.2 Å². The molecule has 1 aromatic heterocycles. The van der Waals surface area contributed by atoms with Crippen molar-refractivity contribution in [3.05, 3.63) is 36.0 Å². The van der Waals surface area contributed by atoms with Gasteiger partial charge in [-0.05, 0) is 18.1 Å². The molecule has 0 atom stereocenters. The Labute approximate surface area is 89.5 Å². The fourth-order valence-corrected chi connectivity index (χ4v) is 1.95. The van der Waals surface area contributed by atoms with Gasteiger partial charge in [-0.15, -0.1) is 0 Å². The summed E-state index contributed by atoms with van der Waals surface area (Å²) in [5, 5.41) is 1.14. The van der Waals surface area contributed by atoms with Crippen LogP contribution in [0.2, 0.25) is 0 Å². The summed E-state index contributed by atoms with van der Waals surface area (Å²) >= 11 is 0. The molecule has 2 aromatic rings. The topological polar surface area (TPSA) is 22.0 Å². The average molecular weight is 201 g/mol. The minimum atomic E-state index is 0.0832. The highest BCUT2D eigenvalue weighted by Crippen LogP contribution is 2.24. The van der Waals surface area contributed by atoms with Crippen LogP contribution in [0, 0.1) is 0 Å². The Morgan fingerprint density at radius 1 is 1.27 bits per heavy atom. The van der Waals surface area contributed by atoms with Gasteiger partial charge in [-0.25, -0.2) is 0 Å². The molecule has 0 saturated heterocycles. The first-order valence-corrected chi connectivity index (χ1v) is 5.22. The van der Waals surface area contributed by atoms with Crippen molar-refractivity contribution in [2.24, 2.45) is 0 Å². The van der Waals surface area contributed by atoms with Crippen molar-refractivity contribution in [2.45, 2.75) is 26.7 Å². The fraction of sp³-hybridized carbons (Fsp3) is 0.308. The maximum Gasteiger partial charge on any atom is 0.228 e. The van der Waals surface area contributed by atoms with Crippen LogP contribution < -0.4 is 0 Å². The summed E-state index contributed by atoms with van der Waals surface area (Å²) in [6.45, 7) is 5.82. The van der Waals surface area contributed by atoms with Crippen molar-refractivity contribution in [2.75, 3.05) is 0 Å². The second-order valence-electron chi connectivity index (χ2n) is 4.14. The quantitative estimate of drug-likeness (QED) is 0.692. The molecule has 0 bridgehead atoms. The second kappa shape index (κ2) is 3.54. The molecule has 0 N–H and O–H groups in total. The van der Waals surface area contributed by atoms with Gasteiger partial charge in [-0.1, -0.05) is 32.0 Å². The standard InChI is InChI=1S/C13H15NO/c1-9(2)13-8-11-6-4-5-7-12(11)14(13)10(3)15/h4-9H,1-3H3. The molecular weight excluding hydrogens is 186 g/mol. The van der Waals surface area contributed by atoms with E-state index in [2.05, 4.69) is 19.9 Å². The van der Waals surface area contributed by atoms with Gasteiger partial charge in [0.25, 0.3) is 0 Å². The molecule has 2 rings (SSSR count). The smallest absolute Gasteiger partial charge is 0.228 e. The normalized spacial score (nSPS) is 11.2. The Bertz CT molecular complexity index is 508. The van der Waals surface area contributed by atoms with E-state index in [9.17, 15) is 4.79 Å². The Morgan fingerprint density at radius 2 is 1.93 bits per heavy atom. The minimum Gasteiger partial charge on any atom is -0.284 e. The van der Waals surface area contributed by atoms with Crippen LogP contribution >= 0.6 is 0 Å². The Hall–Kier alpha value is -1.57. The van der Waals surface area contributed by atoms with E-state index in [0.717, 1.165) is 16.6 Å². The van der Waals surface area contributed by atoms with Gasteiger partial charge in [0.15, 0.2) is 0 Å². The highest BCUT2D eigenvalue weighted by molar-refractivity contribution is 5.92. The van der Waals surface area contributed by atoms with Crippen LogP contribution in [-0.2, 0) is 0 Å². The zero-order valence-electron chi connectivity index (χ0n) is 9.32. The number of nitrogens with zero attached hydrogens (tertiary/aromatic N) is 1. The van der Waals surface area contributed by atoms with Crippen molar-refractivity contribution in [1.82, 2.24) is 4.57 Å². The average Bonchev–Trinajstić information content (AvgIpc) is 2.56. The van der Waals surface area contributed by atoms with Crippen LogP contribution in [-0.4, -0.2) is 10.5 Å². The Balaban J connectivity index is 2.80. The highest BCUT2D eigenvalue weighted by atomic mass is 16.1. The number of rotatable bonds is 1. The SMILES string of the molecule is CC(=O)n1c(C(C)C)cc2ccccc21. The molecule has 0 amide bonds. The zero-order valence-corrected chi connectivity index (χ0v) is 9.32. The van der Waals surface area contributed by atoms with E-state index in [1.165, 1.54) is 0 Å². The number of hydrogen-bond acceptors (Lipinski definition) is 1. The molecule has 0 spiro atoms. The monoisotopic (exact) mass is 201 g/mol. The molecule has 0 unspecified atom stereocenters. The summed E-state index contributed by atoms with van der Waals surface area (Å²) in [5.74, 6) is 0.446. The first-order chi connectivity index (χ1) is 7.11. The molecule has 0 saturated carbocycles. The van der Waals surface area contributed by atoms with Crippen molar-refractivity contribution in [3.63, 3.8) is 0 Å². The van der Waals surface area contributed by atoms with Crippen molar-refractivity contribution in [3.8, 4) is 0 Å². The number of fused-ring (bicyclic) bond motifs is 1. The van der Waals surface area contributed by atoms with E-state index in [1.54, 1.807) is 11.5 Å². The van der Waals surface area contributed by atoms with Gasteiger partial charge in [0.2, 0.25) is 5.91 Å². The molecule has 0 aliphatic carbocycles. The number of para-hydroxylation sites is 1. The maximum atomic E-state index is 11.6. The van der Waals surface area contributed by atoms with Crippen molar-refractivity contribution >= 4 is 16.8 Å². The molecule has 15 heavy (non-hydrogen) atoms. The van der Waals surface area contributed by atoms with Crippen LogP contribution in [0.3, 0.4) is 0 Å². The van der Waals surface area contributed by atoms with Crippen LogP contribution in [0.25, 0.3) is 10.9 Å². The Morgan fingerprint density at radius 3 is 2.53 bits per heavy atom. The third kappa shape index (κ3) is 1.56. The lowest BCUT2D eigenvalue weighted by Gasteiger charge is -2.08. The number of carbonyl (C=O) groups excluding carboxylic acids is 1. The second-order valence-corrected chi connectivity index (χ2v) is 4.14. The summed E-state index contributed by atoms with van der Waals surface area (Å²) in [4.78, 5) is 11.6. The van der Waals surface area contributed by atoms with Crippen LogP contribution in [0.5, 0.6) is 0 Å². The number of carbonyl (C=O) groups is 1. The summed E-state index contributed by atoms with van der Waals surface area (Å²) in [5.41, 5.74) is 2.09. The highest BCUT2D eigenvalue weighted by Gasteiger charge is 2.13. The van der Waals surface area contributed by atoms with Gasteiger partial charge in [-0.2, -0.15) is 0 Å². The van der Waals surface area contributed by atoms with E-state index in [4.69, 9.17) is 0 Å². The summed E-state index contributed by atoms with van der Waals surface area (Å²) in [6, 6.07) is 10.1. The molecule has 2 heteroatoms. The first kappa shape index (κ1) is 9.97. The molecule has 0 aliphatic heterocycles. The predicted octanol–water partition coefficient (Wildman–Crippen LogP) is 3.42. The number of aromatic nitrogens is 1. The van der Waals surface area contributed by atoms with Crippen molar-refractivity contribution in [1.29, 1.82) is 0 Å². The third-order valence-electron chi connectivity index (χ3n) is 2.65. The van der Waals surface area contributed by atoms with E-state index in [1.807, 2.05) is 24.3 Å². The summed E-state index contributed by atoms with van der Waals surface area (Å²) < 4.78 is 1.81. The first-order valence-electron chi connectivity index (χ1n) is 5.22. The molecular formula is C13H15NO. The lowest BCUT2D eigenvalue weighted by atomic mass is 10.1. The van der Waals surface area contributed by atoms with Gasteiger partial charge in [0.1, 0.15) is 0 Å². The molecule has 0 fully saturated rings. The minimum absolute atomic E-state index is 0.0832. The molecule has 0 radical (unpaired) electrons. The number of hydrogen-bond donors (Lipinski definition) is 0. The fourth-order valence-electron chi connectivity index (χ4n) is 1.95. The molecule has 78 valence electrons. The van der Waals surface area contributed by atoms with Crippen LogP contribution in [0.4, 0.5) is 0 Å². The molecule has 1 aromatic carbocycles. The van der Waals surface area contributed by atoms with Gasteiger partial charge in [0.05, 0.1) is 5.52 Å². The van der Waals surface area contributed by atoms with E-state index >= 15 is 0 Å². The summed E-state index contributed by atoms with van der Waals surface area (Å²) in [7, 11) is 0. The van der Waals surface area contributed by atoms with Crippen LogP contribution in [0.15, 0.2) is 30.3 Å².